The van der Waals surface area contributed by atoms with E-state index in [0.29, 0.717) is 24.0 Å². The number of fused-ring (bicyclic) bond motifs is 1. The number of carbonyl (C=O) groups is 1. The number of pyridine rings is 1. The molecule has 0 fully saturated rings. The molecule has 0 radical (unpaired) electrons. The van der Waals surface area contributed by atoms with Gasteiger partial charge in [0.25, 0.3) is 0 Å². The number of nitrogens with zero attached hydrogens (tertiary/aromatic N) is 7. The van der Waals surface area contributed by atoms with Gasteiger partial charge in [0.1, 0.15) is 18.9 Å². The van der Waals surface area contributed by atoms with E-state index in [9.17, 15) is 4.79 Å². The topological polar surface area (TPSA) is 122 Å². The van der Waals surface area contributed by atoms with Crippen molar-refractivity contribution in [3.63, 3.8) is 0 Å². The van der Waals surface area contributed by atoms with Gasteiger partial charge >= 0.3 is 6.09 Å². The van der Waals surface area contributed by atoms with Crippen LogP contribution in [-0.4, -0.2) is 62.6 Å². The van der Waals surface area contributed by atoms with E-state index in [0.717, 1.165) is 52.1 Å². The maximum absolute atomic E-state index is 11.7. The van der Waals surface area contributed by atoms with E-state index in [4.69, 9.17) is 31.0 Å². The molecule has 1 N–H and O–H groups in total. The number of imidazole rings is 1. The maximum atomic E-state index is 11.7. The van der Waals surface area contributed by atoms with Crippen LogP contribution in [0.3, 0.4) is 0 Å². The summed E-state index contributed by atoms with van der Waals surface area (Å²) < 4.78 is 14.8. The fraction of sp³-hybridized carbons (Fsp3) is 0.333. The van der Waals surface area contributed by atoms with Crippen LogP contribution in [0.15, 0.2) is 67.3 Å². The quantitative estimate of drug-likeness (QED) is 0.122. The van der Waals surface area contributed by atoms with Crippen LogP contribution in [-0.2, 0) is 16.2 Å². The molecule has 3 aromatic heterocycles. The van der Waals surface area contributed by atoms with Gasteiger partial charge in [-0.1, -0.05) is 50.3 Å². The highest BCUT2D eigenvalue weighted by Gasteiger charge is 2.35. The van der Waals surface area contributed by atoms with Crippen LogP contribution >= 0.6 is 11.6 Å². The molecule has 0 saturated carbocycles. The van der Waals surface area contributed by atoms with Crippen molar-refractivity contribution in [2.45, 2.75) is 57.6 Å². The number of tetrazole rings is 1. The number of hydrogen-bond acceptors (Lipinski definition) is 8. The van der Waals surface area contributed by atoms with Crippen LogP contribution in [0.1, 0.15) is 42.3 Å². The first kappa shape index (κ1) is 31.6. The summed E-state index contributed by atoms with van der Waals surface area (Å²) in [7, 11) is 0.0824. The number of methoxy groups -OCH3 is 1. The first-order valence-corrected chi connectivity index (χ1v) is 19.3. The number of carbonyl (C=O) groups excluding carboxylic acids is 1. The number of halogens is 1. The Morgan fingerprint density at radius 3 is 2.59 bits per heavy atom. The SMILES string of the molecule is COC(=O)Nc1ccc(-c2cnc(C3CC(C)c4cc(-c5cc(Cl)ccc5-n5cnnn5)cnc43)n2COCC[Si](C)(C)C)cc1. The molecule has 0 aliphatic heterocycles. The largest absolute Gasteiger partial charge is 0.453 e. The van der Waals surface area contributed by atoms with Gasteiger partial charge in [-0.25, -0.2) is 9.78 Å². The molecule has 0 bridgehead atoms. The van der Waals surface area contributed by atoms with Crippen molar-refractivity contribution in [1.82, 2.24) is 34.7 Å². The van der Waals surface area contributed by atoms with E-state index >= 15 is 0 Å². The second-order valence-electron chi connectivity index (χ2n) is 12.8. The highest BCUT2D eigenvalue weighted by atomic mass is 35.5. The molecule has 1 amide bonds. The molecule has 46 heavy (non-hydrogen) atoms. The fourth-order valence-corrected chi connectivity index (χ4v) is 6.75. The monoisotopic (exact) mass is 656 g/mol. The Balaban J connectivity index is 1.35. The van der Waals surface area contributed by atoms with E-state index in [-0.39, 0.29) is 11.8 Å². The van der Waals surface area contributed by atoms with Gasteiger partial charge in [-0.2, -0.15) is 4.68 Å². The van der Waals surface area contributed by atoms with Crippen molar-refractivity contribution in [2.75, 3.05) is 19.0 Å². The van der Waals surface area contributed by atoms with E-state index < -0.39 is 14.2 Å². The second kappa shape index (κ2) is 13.1. The van der Waals surface area contributed by atoms with Gasteiger partial charge in [-0.15, -0.1) is 5.10 Å². The summed E-state index contributed by atoms with van der Waals surface area (Å²) in [5, 5.41) is 15.0. The van der Waals surface area contributed by atoms with Gasteiger partial charge in [0.2, 0.25) is 0 Å². The summed E-state index contributed by atoms with van der Waals surface area (Å²) >= 11 is 6.44. The molecule has 238 valence electrons. The molecule has 2 aromatic carbocycles. The normalized spacial score (nSPS) is 16.0. The lowest BCUT2D eigenvalue weighted by Crippen LogP contribution is -2.22. The first-order chi connectivity index (χ1) is 22.1. The fourth-order valence-electron chi connectivity index (χ4n) is 5.82. The Kier molecular flexibility index (Phi) is 9.03. The third kappa shape index (κ3) is 6.74. The molecule has 2 atom stereocenters. The number of anilines is 1. The number of aromatic nitrogens is 7. The lowest BCUT2D eigenvalue weighted by atomic mass is 9.99. The molecule has 0 saturated heterocycles. The molecule has 6 rings (SSSR count). The number of hydrogen-bond donors (Lipinski definition) is 1. The third-order valence-electron chi connectivity index (χ3n) is 8.29. The lowest BCUT2D eigenvalue weighted by molar-refractivity contribution is 0.0856. The molecule has 2 unspecified atom stereocenters. The van der Waals surface area contributed by atoms with Crippen molar-refractivity contribution in [3.05, 3.63) is 89.4 Å². The van der Waals surface area contributed by atoms with Crippen molar-refractivity contribution in [1.29, 1.82) is 0 Å². The van der Waals surface area contributed by atoms with Crippen molar-refractivity contribution < 1.29 is 14.3 Å². The Morgan fingerprint density at radius 2 is 1.87 bits per heavy atom. The van der Waals surface area contributed by atoms with Gasteiger partial charge in [-0.05, 0) is 76.3 Å². The summed E-state index contributed by atoms with van der Waals surface area (Å²) in [6, 6.07) is 16.6. The minimum absolute atomic E-state index is 0.00741. The highest BCUT2D eigenvalue weighted by Crippen LogP contribution is 2.46. The summed E-state index contributed by atoms with van der Waals surface area (Å²) in [6.07, 6.45) is 5.73. The molecule has 1 aliphatic carbocycles. The minimum Gasteiger partial charge on any atom is -0.453 e. The lowest BCUT2D eigenvalue weighted by Gasteiger charge is -2.19. The average molecular weight is 657 g/mol. The maximum Gasteiger partial charge on any atom is 0.411 e. The Labute approximate surface area is 273 Å². The van der Waals surface area contributed by atoms with Crippen molar-refractivity contribution in [3.8, 4) is 28.1 Å². The Hall–Kier alpha value is -4.39. The van der Waals surface area contributed by atoms with E-state index in [1.54, 1.807) is 11.0 Å². The van der Waals surface area contributed by atoms with Crippen molar-refractivity contribution >= 4 is 31.5 Å². The van der Waals surface area contributed by atoms with E-state index in [1.807, 2.05) is 54.9 Å². The zero-order chi connectivity index (χ0) is 32.4. The summed E-state index contributed by atoms with van der Waals surface area (Å²) in [5.41, 5.74) is 7.41. The van der Waals surface area contributed by atoms with Crippen LogP contribution in [0, 0.1) is 0 Å². The van der Waals surface area contributed by atoms with E-state index in [1.165, 1.54) is 12.7 Å². The van der Waals surface area contributed by atoms with Crippen LogP contribution in [0.4, 0.5) is 10.5 Å². The first-order valence-electron chi connectivity index (χ1n) is 15.2. The zero-order valence-electron chi connectivity index (χ0n) is 26.6. The number of nitrogens with one attached hydrogen (secondary N) is 1. The molecule has 13 heteroatoms. The number of amides is 1. The summed E-state index contributed by atoms with van der Waals surface area (Å²) in [6.45, 7) is 10.3. The van der Waals surface area contributed by atoms with Gasteiger partial charge in [-0.3, -0.25) is 10.3 Å². The van der Waals surface area contributed by atoms with Crippen LogP contribution in [0.25, 0.3) is 28.1 Å². The average Bonchev–Trinajstić information content (AvgIpc) is 3.79. The van der Waals surface area contributed by atoms with Gasteiger partial charge in [0, 0.05) is 42.7 Å². The molecule has 0 spiro atoms. The number of benzene rings is 2. The standard InChI is InChI=1S/C33H37ClN8O3Si/c1-21-14-28(31-26(21)15-23(17-35-31)27-16-24(34)8-11-29(27)42-19-37-39-40-42)32-36-18-30(41(32)20-45-12-13-46(3,4)5)22-6-9-25(10-7-22)38-33(43)44-2/h6-11,15-19,21,28H,12-14,20H2,1-5H3,(H,38,43). The summed E-state index contributed by atoms with van der Waals surface area (Å²) in [5.74, 6) is 1.17. The van der Waals surface area contributed by atoms with Gasteiger partial charge in [0.05, 0.1) is 36.3 Å². The highest BCUT2D eigenvalue weighted by molar-refractivity contribution is 6.76. The molecule has 11 nitrogen and oxygen atoms in total. The smallest absolute Gasteiger partial charge is 0.411 e. The Bertz CT molecular complexity index is 1840. The number of rotatable bonds is 10. The Morgan fingerprint density at radius 1 is 1.07 bits per heavy atom. The molecule has 5 aromatic rings. The summed E-state index contributed by atoms with van der Waals surface area (Å²) in [4.78, 5) is 21.7. The van der Waals surface area contributed by atoms with Gasteiger partial charge < -0.3 is 14.0 Å². The van der Waals surface area contributed by atoms with E-state index in [2.05, 4.69) is 58.0 Å². The van der Waals surface area contributed by atoms with Crippen LogP contribution in [0.5, 0.6) is 0 Å². The zero-order valence-corrected chi connectivity index (χ0v) is 28.3. The second-order valence-corrected chi connectivity index (χ2v) is 18.8. The molecule has 3 heterocycles. The van der Waals surface area contributed by atoms with Crippen LogP contribution in [0.2, 0.25) is 30.7 Å². The predicted molar refractivity (Wildman–Crippen MR) is 180 cm³/mol. The minimum atomic E-state index is -1.26. The number of ether oxygens (including phenoxy) is 2. The van der Waals surface area contributed by atoms with Crippen molar-refractivity contribution in [2.24, 2.45) is 0 Å². The third-order valence-corrected chi connectivity index (χ3v) is 10.2. The van der Waals surface area contributed by atoms with Gasteiger partial charge in [0.15, 0.2) is 0 Å². The molecular formula is C33H37ClN8O3Si. The predicted octanol–water partition coefficient (Wildman–Crippen LogP) is 7.37. The molecular weight excluding hydrogens is 620 g/mol. The van der Waals surface area contributed by atoms with Crippen LogP contribution < -0.4 is 5.32 Å². The molecule has 1 aliphatic rings.